The van der Waals surface area contributed by atoms with E-state index in [0.29, 0.717) is 6.04 Å². The van der Waals surface area contributed by atoms with Gasteiger partial charge in [-0.15, -0.1) is 0 Å². The summed E-state index contributed by atoms with van der Waals surface area (Å²) in [5, 5.41) is 8.12. The van der Waals surface area contributed by atoms with Crippen molar-refractivity contribution in [1.29, 1.82) is 0 Å². The van der Waals surface area contributed by atoms with Crippen molar-refractivity contribution in [3.8, 4) is 0 Å². The molecule has 1 rings (SSSR count). The average molecular weight is 239 g/mol. The number of thiophene rings is 1. The standard InChI is InChI=1S/C14H25NS/c1-4-8-15-14(6-5-12(2)3)10-13-7-9-16-11-13/h7,9,11-12,14-15H,4-6,8,10H2,1-3H3. The van der Waals surface area contributed by atoms with Gasteiger partial charge in [-0.05, 0) is 60.5 Å². The number of hydrogen-bond donors (Lipinski definition) is 1. The molecule has 92 valence electrons. The first-order valence-electron chi connectivity index (χ1n) is 6.46. The van der Waals surface area contributed by atoms with E-state index in [1.807, 2.05) is 0 Å². The van der Waals surface area contributed by atoms with Gasteiger partial charge in [0.25, 0.3) is 0 Å². The molecule has 0 saturated heterocycles. The average Bonchev–Trinajstić information content (AvgIpc) is 2.74. The fraction of sp³-hybridized carbons (Fsp3) is 0.714. The number of hydrogen-bond acceptors (Lipinski definition) is 2. The van der Waals surface area contributed by atoms with Gasteiger partial charge in [-0.2, -0.15) is 11.3 Å². The van der Waals surface area contributed by atoms with E-state index in [4.69, 9.17) is 0 Å². The SMILES string of the molecule is CCCNC(CCC(C)C)Cc1ccsc1. The second-order valence-electron chi connectivity index (χ2n) is 4.96. The van der Waals surface area contributed by atoms with Crippen molar-refractivity contribution in [2.75, 3.05) is 6.54 Å². The van der Waals surface area contributed by atoms with Crippen LogP contribution >= 0.6 is 11.3 Å². The lowest BCUT2D eigenvalue weighted by molar-refractivity contribution is 0.427. The van der Waals surface area contributed by atoms with E-state index in [1.165, 1.54) is 31.2 Å². The van der Waals surface area contributed by atoms with Crippen molar-refractivity contribution in [1.82, 2.24) is 5.32 Å². The Morgan fingerprint density at radius 1 is 1.31 bits per heavy atom. The maximum Gasteiger partial charge on any atom is 0.0108 e. The predicted octanol–water partition coefficient (Wildman–Crippen LogP) is 4.10. The lowest BCUT2D eigenvalue weighted by Gasteiger charge is -2.19. The molecule has 0 aliphatic heterocycles. The van der Waals surface area contributed by atoms with Crippen molar-refractivity contribution >= 4 is 11.3 Å². The Bertz CT molecular complexity index is 254. The summed E-state index contributed by atoms with van der Waals surface area (Å²) in [4.78, 5) is 0. The topological polar surface area (TPSA) is 12.0 Å². The van der Waals surface area contributed by atoms with Crippen molar-refractivity contribution in [3.63, 3.8) is 0 Å². The number of rotatable bonds is 8. The quantitative estimate of drug-likeness (QED) is 0.720. The first-order chi connectivity index (χ1) is 7.72. The Hall–Kier alpha value is -0.340. The third kappa shape index (κ3) is 5.66. The Morgan fingerprint density at radius 3 is 2.69 bits per heavy atom. The molecule has 1 heterocycles. The summed E-state index contributed by atoms with van der Waals surface area (Å²) < 4.78 is 0. The lowest BCUT2D eigenvalue weighted by atomic mass is 9.99. The minimum Gasteiger partial charge on any atom is -0.314 e. The highest BCUT2D eigenvalue weighted by Crippen LogP contribution is 2.14. The molecule has 0 bridgehead atoms. The molecule has 1 aromatic heterocycles. The molecule has 0 amide bonds. The van der Waals surface area contributed by atoms with Crippen LogP contribution in [0, 0.1) is 5.92 Å². The van der Waals surface area contributed by atoms with Crippen molar-refractivity contribution in [2.24, 2.45) is 5.92 Å². The van der Waals surface area contributed by atoms with Gasteiger partial charge in [0.2, 0.25) is 0 Å². The molecule has 2 heteroatoms. The Kier molecular flexibility index (Phi) is 6.74. The molecule has 0 aliphatic carbocycles. The summed E-state index contributed by atoms with van der Waals surface area (Å²) >= 11 is 1.80. The summed E-state index contributed by atoms with van der Waals surface area (Å²) in [6.45, 7) is 7.99. The first-order valence-corrected chi connectivity index (χ1v) is 7.41. The van der Waals surface area contributed by atoms with Crippen LogP contribution in [0.1, 0.15) is 45.6 Å². The van der Waals surface area contributed by atoms with Gasteiger partial charge in [-0.1, -0.05) is 20.8 Å². The molecule has 0 radical (unpaired) electrons. The molecule has 1 nitrogen and oxygen atoms in total. The van der Waals surface area contributed by atoms with E-state index in [0.717, 1.165) is 12.5 Å². The van der Waals surface area contributed by atoms with Gasteiger partial charge in [0.1, 0.15) is 0 Å². The second kappa shape index (κ2) is 7.86. The molecule has 1 N–H and O–H groups in total. The smallest absolute Gasteiger partial charge is 0.0108 e. The Balaban J connectivity index is 2.36. The van der Waals surface area contributed by atoms with Gasteiger partial charge >= 0.3 is 0 Å². The monoisotopic (exact) mass is 239 g/mol. The molecular formula is C14H25NS. The summed E-state index contributed by atoms with van der Waals surface area (Å²) in [5.74, 6) is 0.813. The Labute approximate surface area is 104 Å². The molecular weight excluding hydrogens is 214 g/mol. The van der Waals surface area contributed by atoms with Crippen LogP contribution in [0.15, 0.2) is 16.8 Å². The fourth-order valence-electron chi connectivity index (χ4n) is 1.85. The minimum absolute atomic E-state index is 0.664. The normalized spacial score (nSPS) is 13.2. The van der Waals surface area contributed by atoms with E-state index in [9.17, 15) is 0 Å². The Morgan fingerprint density at radius 2 is 2.12 bits per heavy atom. The van der Waals surface area contributed by atoms with Gasteiger partial charge in [-0.3, -0.25) is 0 Å². The summed E-state index contributed by atoms with van der Waals surface area (Å²) in [6.07, 6.45) is 5.04. The molecule has 1 aromatic rings. The molecule has 0 spiro atoms. The first kappa shape index (κ1) is 13.7. The van der Waals surface area contributed by atoms with Gasteiger partial charge in [0.05, 0.1) is 0 Å². The van der Waals surface area contributed by atoms with Crippen LogP contribution in [0.5, 0.6) is 0 Å². The van der Waals surface area contributed by atoms with E-state index in [-0.39, 0.29) is 0 Å². The zero-order valence-corrected chi connectivity index (χ0v) is 11.6. The third-order valence-electron chi connectivity index (χ3n) is 2.84. The van der Waals surface area contributed by atoms with Crippen LogP contribution in [-0.2, 0) is 6.42 Å². The van der Waals surface area contributed by atoms with Crippen molar-refractivity contribution in [2.45, 2.75) is 52.5 Å². The van der Waals surface area contributed by atoms with Crippen LogP contribution in [-0.4, -0.2) is 12.6 Å². The molecule has 16 heavy (non-hydrogen) atoms. The second-order valence-corrected chi connectivity index (χ2v) is 5.74. The predicted molar refractivity (Wildman–Crippen MR) is 74.2 cm³/mol. The summed E-state index contributed by atoms with van der Waals surface area (Å²) in [7, 11) is 0. The molecule has 0 aromatic carbocycles. The highest BCUT2D eigenvalue weighted by atomic mass is 32.1. The highest BCUT2D eigenvalue weighted by Gasteiger charge is 2.09. The van der Waals surface area contributed by atoms with Gasteiger partial charge < -0.3 is 5.32 Å². The van der Waals surface area contributed by atoms with E-state index < -0.39 is 0 Å². The van der Waals surface area contributed by atoms with Crippen LogP contribution < -0.4 is 5.32 Å². The molecule has 0 saturated carbocycles. The summed E-state index contributed by atoms with van der Waals surface area (Å²) in [5.41, 5.74) is 1.49. The van der Waals surface area contributed by atoms with E-state index in [1.54, 1.807) is 11.3 Å². The van der Waals surface area contributed by atoms with Gasteiger partial charge in [0, 0.05) is 6.04 Å². The molecule has 1 unspecified atom stereocenters. The zero-order chi connectivity index (χ0) is 11.8. The van der Waals surface area contributed by atoms with Crippen LogP contribution in [0.3, 0.4) is 0 Å². The van der Waals surface area contributed by atoms with Gasteiger partial charge in [-0.25, -0.2) is 0 Å². The largest absolute Gasteiger partial charge is 0.314 e. The maximum atomic E-state index is 3.67. The highest BCUT2D eigenvalue weighted by molar-refractivity contribution is 7.07. The van der Waals surface area contributed by atoms with Crippen LogP contribution in [0.25, 0.3) is 0 Å². The van der Waals surface area contributed by atoms with Crippen molar-refractivity contribution in [3.05, 3.63) is 22.4 Å². The van der Waals surface area contributed by atoms with Gasteiger partial charge in [0.15, 0.2) is 0 Å². The van der Waals surface area contributed by atoms with E-state index >= 15 is 0 Å². The fourth-order valence-corrected chi connectivity index (χ4v) is 2.53. The summed E-state index contributed by atoms with van der Waals surface area (Å²) in [6, 6.07) is 2.91. The third-order valence-corrected chi connectivity index (χ3v) is 3.57. The maximum absolute atomic E-state index is 3.67. The van der Waals surface area contributed by atoms with Crippen LogP contribution in [0.4, 0.5) is 0 Å². The molecule has 1 atom stereocenters. The lowest BCUT2D eigenvalue weighted by Crippen LogP contribution is -2.32. The number of nitrogens with one attached hydrogen (secondary N) is 1. The minimum atomic E-state index is 0.664. The molecule has 0 aliphatic rings. The van der Waals surface area contributed by atoms with Crippen molar-refractivity contribution < 1.29 is 0 Å². The van der Waals surface area contributed by atoms with Crippen LogP contribution in [0.2, 0.25) is 0 Å². The zero-order valence-electron chi connectivity index (χ0n) is 10.8. The van der Waals surface area contributed by atoms with E-state index in [2.05, 4.69) is 42.9 Å². The molecule has 0 fully saturated rings.